The number of hydrogen-bond acceptors (Lipinski definition) is 4. The predicted octanol–water partition coefficient (Wildman–Crippen LogP) is 7.07. The van der Waals surface area contributed by atoms with Crippen LogP contribution in [0.25, 0.3) is 0 Å². The Labute approximate surface area is 238 Å². The molecule has 40 heavy (non-hydrogen) atoms. The molecule has 0 atom stereocenters. The number of carbonyl (C=O) groups is 3. The number of carboxylic acid groups (broad SMARTS) is 1. The zero-order chi connectivity index (χ0) is 29.8. The Morgan fingerprint density at radius 2 is 1.65 bits per heavy atom. The largest absolute Gasteiger partial charge is 0.481 e. The average Bonchev–Trinajstić information content (AvgIpc) is 3.25. The lowest BCUT2D eigenvalue weighted by atomic mass is 9.67. The second-order valence-corrected chi connectivity index (χ2v) is 12.6. The molecule has 13 heteroatoms. The number of aromatic nitrogens is 2. The second-order valence-electron chi connectivity index (χ2n) is 11.8. The van der Waals surface area contributed by atoms with Gasteiger partial charge in [0.1, 0.15) is 5.82 Å². The zero-order valence-corrected chi connectivity index (χ0v) is 23.6. The van der Waals surface area contributed by atoms with Crippen LogP contribution < -0.4 is 0 Å². The molecule has 0 unspecified atom stereocenters. The van der Waals surface area contributed by atoms with E-state index < -0.39 is 65.0 Å². The van der Waals surface area contributed by atoms with Crippen LogP contribution in [-0.2, 0) is 11.0 Å². The van der Waals surface area contributed by atoms with E-state index in [1.165, 1.54) is 6.92 Å². The number of halogens is 6. The minimum absolute atomic E-state index is 0.0399. The van der Waals surface area contributed by atoms with Crippen molar-refractivity contribution in [3.8, 4) is 0 Å². The highest BCUT2D eigenvalue weighted by molar-refractivity contribution is 6.40. The summed E-state index contributed by atoms with van der Waals surface area (Å²) in [6.45, 7) is 4.91. The van der Waals surface area contributed by atoms with Gasteiger partial charge in [-0.15, -0.1) is 0 Å². The Morgan fingerprint density at radius 1 is 1.10 bits per heavy atom. The van der Waals surface area contributed by atoms with Crippen LogP contribution in [0, 0.1) is 16.6 Å². The molecule has 1 heterocycles. The molecule has 0 bridgehead atoms. The molecule has 1 amide bonds. The van der Waals surface area contributed by atoms with Crippen molar-refractivity contribution in [3.63, 3.8) is 0 Å². The molecule has 1 aromatic heterocycles. The third-order valence-corrected chi connectivity index (χ3v) is 8.74. The summed E-state index contributed by atoms with van der Waals surface area (Å²) in [6, 6.07) is 0.379. The van der Waals surface area contributed by atoms with Crippen LogP contribution in [0.5, 0.6) is 0 Å². The van der Waals surface area contributed by atoms with E-state index in [1.807, 2.05) is 13.8 Å². The first-order chi connectivity index (χ1) is 18.4. The summed E-state index contributed by atoms with van der Waals surface area (Å²) < 4.78 is 57.5. The summed E-state index contributed by atoms with van der Waals surface area (Å²) in [6.07, 6.45) is -2.07. The third kappa shape index (κ3) is 5.86. The van der Waals surface area contributed by atoms with Crippen LogP contribution in [0.2, 0.25) is 10.0 Å². The molecule has 2 aliphatic carbocycles. The van der Waals surface area contributed by atoms with E-state index >= 15 is 0 Å². The Hall–Kier alpha value is -2.66. The standard InChI is InChI=1S/C27H29Cl2F4N3O4/c1-25(2)6-4-15(5-7-25)35(13-20(37)21-18(28)8-14(30)9-19(21)29)23(38)17-12-34-36(22(17)27(31,32)33)16-10-26(3,11-16)24(39)40/h8-9,12,15-16H,4-7,10-11,13H2,1-3H3,(H,39,40). The number of Topliss-reactive ketones (excluding diaryl/α,β-unsaturated/α-hetero) is 1. The molecule has 2 fully saturated rings. The zero-order valence-electron chi connectivity index (χ0n) is 22.1. The highest BCUT2D eigenvalue weighted by atomic mass is 35.5. The number of benzene rings is 1. The van der Waals surface area contributed by atoms with Gasteiger partial charge in [0.05, 0.1) is 45.4 Å². The predicted molar refractivity (Wildman–Crippen MR) is 139 cm³/mol. The lowest BCUT2D eigenvalue weighted by Crippen LogP contribution is -2.47. The van der Waals surface area contributed by atoms with Crippen molar-refractivity contribution in [2.45, 2.75) is 77.6 Å². The van der Waals surface area contributed by atoms with Crippen LogP contribution in [0.4, 0.5) is 17.6 Å². The first-order valence-electron chi connectivity index (χ1n) is 12.8. The number of ketones is 1. The number of hydrogen-bond donors (Lipinski definition) is 1. The maximum atomic E-state index is 14.4. The van der Waals surface area contributed by atoms with Crippen molar-refractivity contribution in [1.29, 1.82) is 0 Å². The van der Waals surface area contributed by atoms with E-state index in [2.05, 4.69) is 5.10 Å². The van der Waals surface area contributed by atoms with Crippen LogP contribution in [0.3, 0.4) is 0 Å². The quantitative estimate of drug-likeness (QED) is 0.269. The van der Waals surface area contributed by atoms with Gasteiger partial charge in [0.15, 0.2) is 11.5 Å². The Bertz CT molecular complexity index is 1320. The molecule has 4 rings (SSSR count). The van der Waals surface area contributed by atoms with Gasteiger partial charge in [-0.1, -0.05) is 37.0 Å². The maximum absolute atomic E-state index is 14.4. The number of alkyl halides is 3. The fraction of sp³-hybridized carbons (Fsp3) is 0.556. The number of carbonyl (C=O) groups excluding carboxylic acids is 2. The highest BCUT2D eigenvalue weighted by Gasteiger charge is 2.51. The van der Waals surface area contributed by atoms with Gasteiger partial charge < -0.3 is 10.0 Å². The van der Waals surface area contributed by atoms with Gasteiger partial charge in [-0.25, -0.2) is 4.39 Å². The molecule has 2 saturated carbocycles. The minimum Gasteiger partial charge on any atom is -0.481 e. The van der Waals surface area contributed by atoms with Gasteiger partial charge >= 0.3 is 12.1 Å². The molecule has 1 aromatic carbocycles. The fourth-order valence-electron chi connectivity index (χ4n) is 5.67. The Kier molecular flexibility index (Phi) is 8.05. The highest BCUT2D eigenvalue weighted by Crippen LogP contribution is 2.50. The molecule has 2 aromatic rings. The topological polar surface area (TPSA) is 92.5 Å². The van der Waals surface area contributed by atoms with Crippen LogP contribution in [0.1, 0.15) is 91.7 Å². The van der Waals surface area contributed by atoms with Crippen LogP contribution in [0.15, 0.2) is 18.3 Å². The molecule has 2 aliphatic rings. The monoisotopic (exact) mass is 605 g/mol. The van der Waals surface area contributed by atoms with Crippen molar-refractivity contribution in [3.05, 3.63) is 51.0 Å². The fourth-order valence-corrected chi connectivity index (χ4v) is 6.34. The van der Waals surface area contributed by atoms with Gasteiger partial charge in [-0.05, 0) is 63.0 Å². The Morgan fingerprint density at radius 3 is 2.15 bits per heavy atom. The van der Waals surface area contributed by atoms with E-state index in [4.69, 9.17) is 23.2 Å². The van der Waals surface area contributed by atoms with Gasteiger partial charge in [0.25, 0.3) is 5.91 Å². The number of nitrogens with zero attached hydrogens (tertiary/aromatic N) is 3. The molecular formula is C27H29Cl2F4N3O4. The van der Waals surface area contributed by atoms with Gasteiger partial charge in [0, 0.05) is 6.04 Å². The lowest BCUT2D eigenvalue weighted by molar-refractivity contribution is -0.158. The average molecular weight is 606 g/mol. The molecule has 0 radical (unpaired) electrons. The van der Waals surface area contributed by atoms with Gasteiger partial charge in [-0.2, -0.15) is 18.3 Å². The summed E-state index contributed by atoms with van der Waals surface area (Å²) in [5.74, 6) is -3.67. The molecular weight excluding hydrogens is 577 g/mol. The van der Waals surface area contributed by atoms with Crippen molar-refractivity contribution >= 4 is 40.9 Å². The molecule has 1 N–H and O–H groups in total. The van der Waals surface area contributed by atoms with Crippen LogP contribution >= 0.6 is 23.2 Å². The lowest BCUT2D eigenvalue weighted by Gasteiger charge is -2.42. The van der Waals surface area contributed by atoms with Gasteiger partial charge in [-0.3, -0.25) is 19.1 Å². The molecule has 0 saturated heterocycles. The summed E-state index contributed by atoms with van der Waals surface area (Å²) in [4.78, 5) is 39.7. The first kappa shape index (κ1) is 30.3. The van der Waals surface area contributed by atoms with Crippen molar-refractivity contribution < 1.29 is 37.1 Å². The van der Waals surface area contributed by atoms with Gasteiger partial charge in [0.2, 0.25) is 0 Å². The van der Waals surface area contributed by atoms with E-state index in [0.29, 0.717) is 30.4 Å². The number of amides is 1. The number of rotatable bonds is 7. The van der Waals surface area contributed by atoms with Crippen molar-refractivity contribution in [2.24, 2.45) is 10.8 Å². The minimum atomic E-state index is -4.98. The molecule has 7 nitrogen and oxygen atoms in total. The molecule has 0 aliphatic heterocycles. The van der Waals surface area contributed by atoms with Crippen LogP contribution in [-0.4, -0.2) is 50.0 Å². The summed E-state index contributed by atoms with van der Waals surface area (Å²) in [5.41, 5.74) is -3.48. The van der Waals surface area contributed by atoms with E-state index in [0.717, 1.165) is 23.2 Å². The number of carboxylic acids is 1. The second kappa shape index (κ2) is 10.6. The normalized spacial score (nSPS) is 23.0. The maximum Gasteiger partial charge on any atom is 0.433 e. The molecule has 218 valence electrons. The molecule has 0 spiro atoms. The van der Waals surface area contributed by atoms with Crippen molar-refractivity contribution in [2.75, 3.05) is 6.54 Å². The SMILES string of the molecule is CC1(C)CCC(N(CC(=O)c2c(Cl)cc(F)cc2Cl)C(=O)c2cnn(C3CC(C)(C(=O)O)C3)c2C(F)(F)F)CC1. The summed E-state index contributed by atoms with van der Waals surface area (Å²) >= 11 is 12.1. The smallest absolute Gasteiger partial charge is 0.433 e. The summed E-state index contributed by atoms with van der Waals surface area (Å²) in [7, 11) is 0. The first-order valence-corrected chi connectivity index (χ1v) is 13.6. The van der Waals surface area contributed by atoms with E-state index in [-0.39, 0.29) is 33.9 Å². The van der Waals surface area contributed by atoms with Crippen molar-refractivity contribution in [1.82, 2.24) is 14.7 Å². The van der Waals surface area contributed by atoms with E-state index in [1.54, 1.807) is 0 Å². The Balaban J connectivity index is 1.71. The third-order valence-electron chi connectivity index (χ3n) is 8.14. The summed E-state index contributed by atoms with van der Waals surface area (Å²) in [5, 5.41) is 12.7. The number of aliphatic carboxylic acids is 1. The van der Waals surface area contributed by atoms with E-state index in [9.17, 15) is 37.1 Å².